The van der Waals surface area contributed by atoms with E-state index in [-0.39, 0.29) is 36.9 Å². The van der Waals surface area contributed by atoms with Crippen molar-refractivity contribution in [2.75, 3.05) is 6.54 Å². The molecule has 27 heavy (non-hydrogen) atoms. The van der Waals surface area contributed by atoms with Gasteiger partial charge in [0.25, 0.3) is 0 Å². The predicted octanol–water partition coefficient (Wildman–Crippen LogP) is 2.87. The number of aromatic nitrogens is 1. The zero-order chi connectivity index (χ0) is 19.6. The molecule has 140 valence electrons. The first kappa shape index (κ1) is 18.6. The summed E-state index contributed by atoms with van der Waals surface area (Å²) in [5.74, 6) is -1.11. The maximum Gasteiger partial charge on any atom is 0.305 e. The van der Waals surface area contributed by atoms with Crippen LogP contribution in [0.2, 0.25) is 0 Å². The van der Waals surface area contributed by atoms with E-state index < -0.39 is 5.97 Å². The first-order valence-corrected chi connectivity index (χ1v) is 8.91. The number of carbonyl (C=O) groups is 2. The van der Waals surface area contributed by atoms with Gasteiger partial charge in [-0.3, -0.25) is 14.4 Å². The third kappa shape index (κ3) is 3.69. The summed E-state index contributed by atoms with van der Waals surface area (Å²) >= 11 is 0. The van der Waals surface area contributed by atoms with Crippen molar-refractivity contribution in [2.24, 2.45) is 0 Å². The number of carboxylic acid groups (broad SMARTS) is 1. The van der Waals surface area contributed by atoms with Gasteiger partial charge in [0.15, 0.2) is 5.43 Å². The second-order valence-electron chi connectivity index (χ2n) is 6.77. The number of hydrogen-bond donors (Lipinski definition) is 1. The molecule has 3 rings (SSSR count). The van der Waals surface area contributed by atoms with Gasteiger partial charge in [-0.15, -0.1) is 0 Å². The van der Waals surface area contributed by atoms with E-state index >= 15 is 0 Å². The third-order valence-electron chi connectivity index (χ3n) is 4.68. The summed E-state index contributed by atoms with van der Waals surface area (Å²) in [6.07, 6.45) is -0.102. The van der Waals surface area contributed by atoms with Crippen LogP contribution in [0.5, 0.6) is 0 Å². The van der Waals surface area contributed by atoms with Crippen molar-refractivity contribution in [1.29, 1.82) is 0 Å². The standard InChI is InChI=1S/C21H22N2O4/c1-14(2)22(12-11-20(25)26)19(24)13-23-17-9-5-3-7-15(17)21(27)16-8-4-6-10-18(16)23/h3-10,14H,11-13H2,1-2H3,(H,25,26). The molecule has 2 aromatic carbocycles. The van der Waals surface area contributed by atoms with E-state index in [0.29, 0.717) is 21.8 Å². The Morgan fingerprint density at radius 1 is 1.00 bits per heavy atom. The molecule has 1 aromatic heterocycles. The number of para-hydroxylation sites is 2. The van der Waals surface area contributed by atoms with Crippen LogP contribution < -0.4 is 5.43 Å². The molecule has 0 saturated heterocycles. The van der Waals surface area contributed by atoms with Crippen LogP contribution in [-0.4, -0.2) is 39.0 Å². The molecule has 0 aliphatic rings. The minimum absolute atomic E-state index is 0.0408. The molecular formula is C21H22N2O4. The minimum Gasteiger partial charge on any atom is -0.481 e. The van der Waals surface area contributed by atoms with Crippen LogP contribution in [0.15, 0.2) is 53.3 Å². The number of rotatable bonds is 6. The lowest BCUT2D eigenvalue weighted by molar-refractivity contribution is -0.139. The van der Waals surface area contributed by atoms with Gasteiger partial charge in [-0.2, -0.15) is 0 Å². The van der Waals surface area contributed by atoms with Crippen molar-refractivity contribution < 1.29 is 14.7 Å². The van der Waals surface area contributed by atoms with Gasteiger partial charge in [0.05, 0.1) is 17.5 Å². The highest BCUT2D eigenvalue weighted by Gasteiger charge is 2.20. The molecule has 3 aromatic rings. The number of aliphatic carboxylic acids is 1. The van der Waals surface area contributed by atoms with Crippen molar-refractivity contribution in [3.8, 4) is 0 Å². The Bertz CT molecular complexity index is 1010. The van der Waals surface area contributed by atoms with Crippen LogP contribution in [0.4, 0.5) is 0 Å². The molecule has 1 N–H and O–H groups in total. The van der Waals surface area contributed by atoms with Crippen LogP contribution in [-0.2, 0) is 16.1 Å². The van der Waals surface area contributed by atoms with Gasteiger partial charge in [0.2, 0.25) is 5.91 Å². The lowest BCUT2D eigenvalue weighted by atomic mass is 10.1. The van der Waals surface area contributed by atoms with Gasteiger partial charge < -0.3 is 14.6 Å². The second kappa shape index (κ2) is 7.61. The van der Waals surface area contributed by atoms with Gasteiger partial charge in [0, 0.05) is 23.4 Å². The zero-order valence-corrected chi connectivity index (χ0v) is 15.4. The molecular weight excluding hydrogens is 344 g/mol. The first-order valence-electron chi connectivity index (χ1n) is 8.91. The first-order chi connectivity index (χ1) is 12.9. The molecule has 0 spiro atoms. The van der Waals surface area contributed by atoms with Gasteiger partial charge >= 0.3 is 5.97 Å². The predicted molar refractivity (Wildman–Crippen MR) is 105 cm³/mol. The smallest absolute Gasteiger partial charge is 0.305 e. The quantitative estimate of drug-likeness (QED) is 0.681. The van der Waals surface area contributed by atoms with Crippen molar-refractivity contribution in [2.45, 2.75) is 32.9 Å². The molecule has 0 atom stereocenters. The number of nitrogens with zero attached hydrogens (tertiary/aromatic N) is 2. The number of amides is 1. The molecule has 0 unspecified atom stereocenters. The van der Waals surface area contributed by atoms with E-state index in [1.165, 1.54) is 0 Å². The lowest BCUT2D eigenvalue weighted by Crippen LogP contribution is -2.40. The SMILES string of the molecule is CC(C)N(CCC(=O)O)C(=O)Cn1c2ccccc2c(=O)c2ccccc21. The Balaban J connectivity index is 2.10. The fourth-order valence-corrected chi connectivity index (χ4v) is 3.36. The number of hydrogen-bond acceptors (Lipinski definition) is 3. The van der Waals surface area contributed by atoms with E-state index in [1.807, 2.05) is 42.7 Å². The van der Waals surface area contributed by atoms with E-state index in [4.69, 9.17) is 5.11 Å². The Hall–Kier alpha value is -3.15. The molecule has 1 heterocycles. The molecule has 0 radical (unpaired) electrons. The monoisotopic (exact) mass is 366 g/mol. The van der Waals surface area contributed by atoms with Crippen LogP contribution in [0.3, 0.4) is 0 Å². The summed E-state index contributed by atoms with van der Waals surface area (Å²) in [5.41, 5.74) is 1.32. The van der Waals surface area contributed by atoms with Gasteiger partial charge in [0.1, 0.15) is 6.54 Å². The third-order valence-corrected chi connectivity index (χ3v) is 4.68. The summed E-state index contributed by atoms with van der Waals surface area (Å²) < 4.78 is 1.84. The zero-order valence-electron chi connectivity index (χ0n) is 15.4. The summed E-state index contributed by atoms with van der Waals surface area (Å²) in [4.78, 5) is 38.2. The number of carboxylic acids is 1. The van der Waals surface area contributed by atoms with Gasteiger partial charge in [-0.25, -0.2) is 0 Å². The topological polar surface area (TPSA) is 79.6 Å². The highest BCUT2D eigenvalue weighted by Crippen LogP contribution is 2.19. The van der Waals surface area contributed by atoms with Crippen molar-refractivity contribution in [3.05, 3.63) is 58.8 Å². The fraction of sp³-hybridized carbons (Fsp3) is 0.286. The Morgan fingerprint density at radius 3 is 2.00 bits per heavy atom. The fourth-order valence-electron chi connectivity index (χ4n) is 3.36. The average molecular weight is 366 g/mol. The van der Waals surface area contributed by atoms with Crippen molar-refractivity contribution in [3.63, 3.8) is 0 Å². The van der Waals surface area contributed by atoms with Gasteiger partial charge in [-0.1, -0.05) is 24.3 Å². The molecule has 6 nitrogen and oxygen atoms in total. The highest BCUT2D eigenvalue weighted by molar-refractivity contribution is 5.94. The number of carbonyl (C=O) groups excluding carboxylic acids is 1. The lowest BCUT2D eigenvalue weighted by Gasteiger charge is -2.27. The summed E-state index contributed by atoms with van der Waals surface area (Å²) in [6, 6.07) is 14.3. The van der Waals surface area contributed by atoms with Crippen molar-refractivity contribution >= 4 is 33.7 Å². The minimum atomic E-state index is -0.937. The molecule has 0 aliphatic carbocycles. The Labute approximate surface area is 156 Å². The van der Waals surface area contributed by atoms with Crippen LogP contribution in [0, 0.1) is 0 Å². The maximum atomic E-state index is 13.0. The summed E-state index contributed by atoms with van der Waals surface area (Å²) in [7, 11) is 0. The second-order valence-corrected chi connectivity index (χ2v) is 6.77. The van der Waals surface area contributed by atoms with Gasteiger partial charge in [-0.05, 0) is 38.1 Å². The molecule has 0 bridgehead atoms. The van der Waals surface area contributed by atoms with Crippen molar-refractivity contribution in [1.82, 2.24) is 9.47 Å². The summed E-state index contributed by atoms with van der Waals surface area (Å²) in [6.45, 7) is 3.92. The molecule has 0 saturated carbocycles. The Kier molecular flexibility index (Phi) is 5.26. The number of fused-ring (bicyclic) bond motifs is 2. The molecule has 1 amide bonds. The van der Waals surface area contributed by atoms with Crippen LogP contribution >= 0.6 is 0 Å². The number of benzene rings is 2. The highest BCUT2D eigenvalue weighted by atomic mass is 16.4. The molecule has 0 aliphatic heterocycles. The normalized spacial score (nSPS) is 11.2. The Morgan fingerprint density at radius 2 is 1.52 bits per heavy atom. The molecule has 6 heteroatoms. The van der Waals surface area contributed by atoms with Crippen LogP contribution in [0.1, 0.15) is 20.3 Å². The van der Waals surface area contributed by atoms with Crippen LogP contribution in [0.25, 0.3) is 21.8 Å². The maximum absolute atomic E-state index is 13.0. The summed E-state index contributed by atoms with van der Waals surface area (Å²) in [5, 5.41) is 10.1. The number of pyridine rings is 1. The van der Waals surface area contributed by atoms with E-state index in [9.17, 15) is 14.4 Å². The average Bonchev–Trinajstić information content (AvgIpc) is 2.64. The van der Waals surface area contributed by atoms with E-state index in [0.717, 1.165) is 0 Å². The largest absolute Gasteiger partial charge is 0.481 e. The van der Waals surface area contributed by atoms with E-state index in [1.54, 1.807) is 29.2 Å². The molecule has 0 fully saturated rings. The van der Waals surface area contributed by atoms with E-state index in [2.05, 4.69) is 0 Å².